The Bertz CT molecular complexity index is 965. The largest absolute Gasteiger partial charge is 0.354 e. The van der Waals surface area contributed by atoms with Gasteiger partial charge in [0, 0.05) is 24.2 Å². The van der Waals surface area contributed by atoms with Crippen LogP contribution in [0.1, 0.15) is 56.9 Å². The van der Waals surface area contributed by atoms with Gasteiger partial charge in [-0.05, 0) is 87.3 Å². The normalized spacial score (nSPS) is 35.7. The van der Waals surface area contributed by atoms with Crippen LogP contribution < -0.4 is 5.32 Å². The Morgan fingerprint density at radius 3 is 2.83 bits per heavy atom. The summed E-state index contributed by atoms with van der Waals surface area (Å²) in [5.74, 6) is 2.14. The lowest BCUT2D eigenvalue weighted by atomic mass is 9.61. The Morgan fingerprint density at radius 2 is 2.00 bits per heavy atom. The zero-order valence-electron chi connectivity index (χ0n) is 17.6. The second-order valence-electron chi connectivity index (χ2n) is 10.0. The van der Waals surface area contributed by atoms with Gasteiger partial charge in [-0.25, -0.2) is 8.42 Å². The van der Waals surface area contributed by atoms with Crippen LogP contribution in [0.3, 0.4) is 0 Å². The monoisotopic (exact) mass is 450 g/mol. The van der Waals surface area contributed by atoms with Crippen LogP contribution >= 0.6 is 11.6 Å². The number of amides is 1. The maximum absolute atomic E-state index is 13.4. The van der Waals surface area contributed by atoms with Gasteiger partial charge in [0.2, 0.25) is 15.9 Å². The first-order valence-corrected chi connectivity index (χ1v) is 13.2. The number of sulfonamides is 1. The predicted octanol–water partition coefficient (Wildman–Crippen LogP) is 4.13. The molecule has 5 atom stereocenters. The van der Waals surface area contributed by atoms with Crippen molar-refractivity contribution in [1.82, 2.24) is 9.62 Å². The molecule has 30 heavy (non-hydrogen) atoms. The smallest absolute Gasteiger partial charge is 0.243 e. The molecule has 7 heteroatoms. The molecule has 1 amide bonds. The van der Waals surface area contributed by atoms with Crippen LogP contribution in [-0.4, -0.2) is 37.8 Å². The molecule has 1 saturated heterocycles. The Hall–Kier alpha value is -1.11. The van der Waals surface area contributed by atoms with Gasteiger partial charge in [0.15, 0.2) is 0 Å². The van der Waals surface area contributed by atoms with Gasteiger partial charge in [0.1, 0.15) is 0 Å². The lowest BCUT2D eigenvalue weighted by molar-refractivity contribution is -0.138. The van der Waals surface area contributed by atoms with Crippen LogP contribution in [-0.2, 0) is 14.8 Å². The van der Waals surface area contributed by atoms with Crippen LogP contribution in [0.25, 0.3) is 0 Å². The summed E-state index contributed by atoms with van der Waals surface area (Å²) >= 11 is 6.18. The van der Waals surface area contributed by atoms with Crippen molar-refractivity contribution in [2.45, 2.75) is 69.2 Å². The summed E-state index contributed by atoms with van der Waals surface area (Å²) in [7, 11) is -3.64. The van der Waals surface area contributed by atoms with Crippen molar-refractivity contribution in [1.29, 1.82) is 0 Å². The molecule has 5 nitrogen and oxygen atoms in total. The number of hydrogen-bond donors (Lipinski definition) is 1. The molecule has 164 valence electrons. The summed E-state index contributed by atoms with van der Waals surface area (Å²) in [5.41, 5.74) is 0.403. The fraction of sp³-hybridized carbons (Fsp3) is 0.696. The maximum Gasteiger partial charge on any atom is 0.243 e. The molecule has 3 saturated carbocycles. The molecule has 3 bridgehead atoms. The van der Waals surface area contributed by atoms with Crippen LogP contribution in [0, 0.1) is 30.1 Å². The van der Waals surface area contributed by atoms with E-state index in [1.807, 2.05) is 0 Å². The van der Waals surface area contributed by atoms with E-state index in [1.54, 1.807) is 29.4 Å². The minimum absolute atomic E-state index is 0.183. The molecule has 2 unspecified atom stereocenters. The molecule has 0 aromatic heterocycles. The third-order valence-corrected chi connectivity index (χ3v) is 10.9. The Balaban J connectivity index is 1.31. The zero-order chi connectivity index (χ0) is 21.1. The molecule has 0 radical (unpaired) electrons. The summed E-state index contributed by atoms with van der Waals surface area (Å²) < 4.78 is 28.3. The van der Waals surface area contributed by atoms with E-state index in [-0.39, 0.29) is 22.3 Å². The molecule has 4 aliphatic rings. The number of hydrogen-bond acceptors (Lipinski definition) is 3. The fourth-order valence-electron chi connectivity index (χ4n) is 7.02. The molecule has 0 spiro atoms. The first kappa shape index (κ1) is 20.8. The minimum Gasteiger partial charge on any atom is -0.354 e. The second kappa shape index (κ2) is 7.49. The van der Waals surface area contributed by atoms with E-state index in [4.69, 9.17) is 11.6 Å². The summed E-state index contributed by atoms with van der Waals surface area (Å²) in [6.07, 6.45) is 8.65. The van der Waals surface area contributed by atoms with Crippen LogP contribution in [0.5, 0.6) is 0 Å². The first-order chi connectivity index (χ1) is 14.3. The van der Waals surface area contributed by atoms with Crippen molar-refractivity contribution >= 4 is 27.5 Å². The number of nitrogens with zero attached hydrogens (tertiary/aromatic N) is 1. The van der Waals surface area contributed by atoms with Gasteiger partial charge < -0.3 is 5.32 Å². The highest BCUT2D eigenvalue weighted by atomic mass is 35.5. The lowest BCUT2D eigenvalue weighted by Gasteiger charge is -2.44. The Labute approximate surface area is 184 Å². The van der Waals surface area contributed by atoms with E-state index in [0.717, 1.165) is 31.6 Å². The molecule has 3 aliphatic carbocycles. The summed E-state index contributed by atoms with van der Waals surface area (Å²) in [6.45, 7) is 2.64. The average molecular weight is 451 g/mol. The van der Waals surface area contributed by atoms with Crippen LogP contribution in [0.15, 0.2) is 23.1 Å². The van der Waals surface area contributed by atoms with Crippen molar-refractivity contribution in [2.24, 2.45) is 23.2 Å². The van der Waals surface area contributed by atoms with Gasteiger partial charge >= 0.3 is 0 Å². The molecule has 1 aromatic rings. The molecular formula is C23H31ClN2O3S. The standard InChI is InChI=1S/C23H31ClN2O3S/c1-15-20(24)5-2-6-21(15)30(28,29)26-9-3-4-19(26)14-25-22(27)23-12-16-7-8-18(23)11-17(10-16)13-23/h2,5-6,16-19H,3-4,7-14H2,1H3,(H,25,27)/t16-,17?,18+,19?,23+/m0/s1. The number of carbonyl (C=O) groups is 1. The van der Waals surface area contributed by atoms with E-state index >= 15 is 0 Å². The molecular weight excluding hydrogens is 420 g/mol. The summed E-state index contributed by atoms with van der Waals surface area (Å²) in [6, 6.07) is 4.83. The highest BCUT2D eigenvalue weighted by Crippen LogP contribution is 2.62. The molecule has 5 rings (SSSR count). The number of nitrogens with one attached hydrogen (secondary N) is 1. The highest BCUT2D eigenvalue weighted by Gasteiger charge is 2.58. The topological polar surface area (TPSA) is 66.5 Å². The fourth-order valence-corrected chi connectivity index (χ4v) is 9.20. The average Bonchev–Trinajstić information content (AvgIpc) is 3.25. The van der Waals surface area contributed by atoms with Crippen LogP contribution in [0.2, 0.25) is 5.02 Å². The van der Waals surface area contributed by atoms with Gasteiger partial charge in [-0.3, -0.25) is 4.79 Å². The quantitative estimate of drug-likeness (QED) is 0.733. The molecule has 4 fully saturated rings. The van der Waals surface area contributed by atoms with Gasteiger partial charge in [-0.2, -0.15) is 4.31 Å². The predicted molar refractivity (Wildman–Crippen MR) is 117 cm³/mol. The number of halogens is 1. The van der Waals surface area contributed by atoms with Gasteiger partial charge in [-0.15, -0.1) is 0 Å². The first-order valence-electron chi connectivity index (χ1n) is 11.4. The molecule has 1 N–H and O–H groups in total. The third kappa shape index (κ3) is 3.21. The number of carbonyl (C=O) groups excluding carboxylic acids is 1. The van der Waals surface area contributed by atoms with E-state index in [1.165, 1.54) is 25.7 Å². The maximum atomic E-state index is 13.4. The molecule has 1 heterocycles. The summed E-state index contributed by atoms with van der Waals surface area (Å²) in [5, 5.41) is 3.67. The summed E-state index contributed by atoms with van der Waals surface area (Å²) in [4.78, 5) is 13.6. The van der Waals surface area contributed by atoms with E-state index in [9.17, 15) is 13.2 Å². The van der Waals surface area contributed by atoms with Gasteiger partial charge in [0.05, 0.1) is 10.3 Å². The Morgan fingerprint density at radius 1 is 1.20 bits per heavy atom. The van der Waals surface area contributed by atoms with E-state index in [2.05, 4.69) is 5.32 Å². The molecule has 1 aliphatic heterocycles. The third-order valence-electron chi connectivity index (χ3n) is 8.37. The van der Waals surface area contributed by atoms with Gasteiger partial charge in [-0.1, -0.05) is 24.1 Å². The SMILES string of the molecule is Cc1c(Cl)cccc1S(=O)(=O)N1CCCC1CNC(=O)[C@]12CC3C[C@H](CC[C@@H]1C3)C2. The molecule has 1 aromatic carbocycles. The number of rotatable bonds is 5. The van der Waals surface area contributed by atoms with Gasteiger partial charge in [0.25, 0.3) is 0 Å². The van der Waals surface area contributed by atoms with E-state index in [0.29, 0.717) is 35.5 Å². The van der Waals surface area contributed by atoms with Crippen molar-refractivity contribution in [2.75, 3.05) is 13.1 Å². The van der Waals surface area contributed by atoms with Crippen molar-refractivity contribution < 1.29 is 13.2 Å². The van der Waals surface area contributed by atoms with Crippen molar-refractivity contribution in [3.63, 3.8) is 0 Å². The minimum atomic E-state index is -3.64. The Kier molecular flexibility index (Phi) is 5.19. The van der Waals surface area contributed by atoms with Crippen LogP contribution in [0.4, 0.5) is 0 Å². The second-order valence-corrected chi connectivity index (χ2v) is 12.3. The van der Waals surface area contributed by atoms with Crippen molar-refractivity contribution in [3.05, 3.63) is 28.8 Å². The number of benzene rings is 1. The highest BCUT2D eigenvalue weighted by molar-refractivity contribution is 7.89. The van der Waals surface area contributed by atoms with Crippen molar-refractivity contribution in [3.8, 4) is 0 Å². The lowest BCUT2D eigenvalue weighted by Crippen LogP contribution is -2.51. The zero-order valence-corrected chi connectivity index (χ0v) is 19.1. The number of fused-ring (bicyclic) bond motifs is 2. The van der Waals surface area contributed by atoms with E-state index < -0.39 is 10.0 Å².